The largest absolute Gasteiger partial charge is 0.379 e. The summed E-state index contributed by atoms with van der Waals surface area (Å²) in [5, 5.41) is 3.07. The zero-order valence-corrected chi connectivity index (χ0v) is 12.9. The van der Waals surface area contributed by atoms with E-state index >= 15 is 0 Å². The zero-order valence-electron chi connectivity index (χ0n) is 12.9. The van der Waals surface area contributed by atoms with Crippen molar-refractivity contribution in [2.75, 3.05) is 26.8 Å². The number of rotatable bonds is 4. The Balaban J connectivity index is 1.93. The van der Waals surface area contributed by atoms with Crippen LogP contribution in [-0.2, 0) is 4.74 Å². The van der Waals surface area contributed by atoms with Crippen molar-refractivity contribution in [3.63, 3.8) is 0 Å². The molecule has 1 saturated heterocycles. The average Bonchev–Trinajstić information content (AvgIpc) is 2.99. The minimum Gasteiger partial charge on any atom is -0.379 e. The number of urea groups is 1. The predicted molar refractivity (Wildman–Crippen MR) is 79.6 cm³/mol. The lowest BCUT2D eigenvalue weighted by Gasteiger charge is -2.46. The molecule has 0 radical (unpaired) electrons. The van der Waals surface area contributed by atoms with Crippen molar-refractivity contribution in [2.45, 2.75) is 57.0 Å². The zero-order chi connectivity index (χ0) is 14.6. The second-order valence-electron chi connectivity index (χ2n) is 6.35. The summed E-state index contributed by atoms with van der Waals surface area (Å²) in [5.74, 6) is 0.800. The summed E-state index contributed by atoms with van der Waals surface area (Å²) in [7, 11) is 1.89. The Labute approximate surface area is 122 Å². The lowest BCUT2D eigenvalue weighted by atomic mass is 9.75. The Morgan fingerprint density at radius 2 is 2.10 bits per heavy atom. The molecule has 3 N–H and O–H groups in total. The Morgan fingerprint density at radius 3 is 2.60 bits per heavy atom. The van der Waals surface area contributed by atoms with Crippen LogP contribution in [0.4, 0.5) is 4.79 Å². The van der Waals surface area contributed by atoms with Crippen molar-refractivity contribution in [1.29, 1.82) is 0 Å². The van der Waals surface area contributed by atoms with Crippen molar-refractivity contribution in [1.82, 2.24) is 10.2 Å². The summed E-state index contributed by atoms with van der Waals surface area (Å²) in [6.07, 6.45) is 6.54. The Bertz CT molecular complexity index is 321. The second-order valence-corrected chi connectivity index (χ2v) is 6.35. The minimum absolute atomic E-state index is 0.000832. The van der Waals surface area contributed by atoms with Gasteiger partial charge < -0.3 is 20.7 Å². The molecule has 5 heteroatoms. The van der Waals surface area contributed by atoms with E-state index in [0.717, 1.165) is 31.8 Å². The molecule has 1 heterocycles. The third-order valence-corrected chi connectivity index (χ3v) is 5.27. The SMILES string of the molecule is CCC1CCC(CN)(N(C)C(=O)NC2CCOC2)CC1. The van der Waals surface area contributed by atoms with Gasteiger partial charge in [-0.05, 0) is 38.0 Å². The van der Waals surface area contributed by atoms with Gasteiger partial charge in [0.1, 0.15) is 0 Å². The number of nitrogens with one attached hydrogen (secondary N) is 1. The van der Waals surface area contributed by atoms with Crippen molar-refractivity contribution in [3.05, 3.63) is 0 Å². The minimum atomic E-state index is -0.158. The molecule has 0 bridgehead atoms. The van der Waals surface area contributed by atoms with Crippen LogP contribution >= 0.6 is 0 Å². The molecule has 2 aliphatic rings. The highest BCUT2D eigenvalue weighted by atomic mass is 16.5. The fraction of sp³-hybridized carbons (Fsp3) is 0.933. The number of ether oxygens (including phenoxy) is 1. The van der Waals surface area contributed by atoms with E-state index in [1.165, 1.54) is 19.3 Å². The predicted octanol–water partition coefficient (Wildman–Crippen LogP) is 1.71. The van der Waals surface area contributed by atoms with Gasteiger partial charge in [-0.15, -0.1) is 0 Å². The summed E-state index contributed by atoms with van der Waals surface area (Å²) in [6, 6.07) is 0.160. The molecular weight excluding hydrogens is 254 g/mol. The van der Waals surface area contributed by atoms with Crippen molar-refractivity contribution >= 4 is 6.03 Å². The van der Waals surface area contributed by atoms with Gasteiger partial charge in [-0.2, -0.15) is 0 Å². The van der Waals surface area contributed by atoms with Gasteiger partial charge in [0, 0.05) is 20.2 Å². The van der Waals surface area contributed by atoms with Gasteiger partial charge in [0.05, 0.1) is 18.2 Å². The highest BCUT2D eigenvalue weighted by Crippen LogP contribution is 2.36. The molecule has 1 aliphatic heterocycles. The molecular formula is C15H29N3O2. The molecule has 5 nitrogen and oxygen atoms in total. The molecule has 0 spiro atoms. The van der Waals surface area contributed by atoms with E-state index in [2.05, 4.69) is 12.2 Å². The first-order valence-electron chi connectivity index (χ1n) is 7.93. The van der Waals surface area contributed by atoms with Gasteiger partial charge in [0.25, 0.3) is 0 Å². The monoisotopic (exact) mass is 283 g/mol. The van der Waals surface area contributed by atoms with Crippen LogP contribution in [0.3, 0.4) is 0 Å². The number of hydrogen-bond donors (Lipinski definition) is 2. The first-order valence-corrected chi connectivity index (χ1v) is 7.93. The van der Waals surface area contributed by atoms with Gasteiger partial charge in [-0.3, -0.25) is 0 Å². The van der Waals surface area contributed by atoms with Crippen LogP contribution in [0.1, 0.15) is 45.4 Å². The number of likely N-dealkylation sites (N-methyl/N-ethyl adjacent to an activating group) is 1. The van der Waals surface area contributed by atoms with Crippen LogP contribution in [0, 0.1) is 5.92 Å². The third-order valence-electron chi connectivity index (χ3n) is 5.27. The second kappa shape index (κ2) is 6.76. The summed E-state index contributed by atoms with van der Waals surface area (Å²) in [4.78, 5) is 14.3. The van der Waals surface area contributed by atoms with Crippen molar-refractivity contribution in [3.8, 4) is 0 Å². The van der Waals surface area contributed by atoms with Crippen molar-refractivity contribution in [2.24, 2.45) is 11.7 Å². The number of carbonyl (C=O) groups excluding carboxylic acids is 1. The summed E-state index contributed by atoms with van der Waals surface area (Å²) in [6.45, 7) is 4.17. The van der Waals surface area contributed by atoms with Crippen LogP contribution in [0.2, 0.25) is 0 Å². The third kappa shape index (κ3) is 3.26. The normalized spacial score (nSPS) is 34.0. The molecule has 2 rings (SSSR count). The van der Waals surface area contributed by atoms with E-state index in [9.17, 15) is 4.79 Å². The number of hydrogen-bond acceptors (Lipinski definition) is 3. The smallest absolute Gasteiger partial charge is 0.317 e. The van der Waals surface area contributed by atoms with Crippen LogP contribution < -0.4 is 11.1 Å². The fourth-order valence-electron chi connectivity index (χ4n) is 3.43. The van der Waals surface area contributed by atoms with E-state index in [0.29, 0.717) is 13.2 Å². The molecule has 2 amide bonds. The number of amides is 2. The number of nitrogens with two attached hydrogens (primary N) is 1. The topological polar surface area (TPSA) is 67.6 Å². The quantitative estimate of drug-likeness (QED) is 0.825. The standard InChI is InChI=1S/C15H29N3O2/c1-3-12-4-7-15(11-16,8-5-12)18(2)14(19)17-13-6-9-20-10-13/h12-13H,3-11,16H2,1-2H3,(H,17,19). The summed E-state index contributed by atoms with van der Waals surface area (Å²) < 4.78 is 5.31. The van der Waals surface area contributed by atoms with E-state index in [1.54, 1.807) is 0 Å². The van der Waals surface area contributed by atoms with E-state index in [4.69, 9.17) is 10.5 Å². The van der Waals surface area contributed by atoms with Gasteiger partial charge in [0.15, 0.2) is 0 Å². The molecule has 20 heavy (non-hydrogen) atoms. The maximum atomic E-state index is 12.4. The Hall–Kier alpha value is -0.810. The van der Waals surface area contributed by atoms with Gasteiger partial charge in [-0.1, -0.05) is 13.3 Å². The highest BCUT2D eigenvalue weighted by Gasteiger charge is 2.40. The summed E-state index contributed by atoms with van der Waals surface area (Å²) >= 11 is 0. The molecule has 1 aliphatic carbocycles. The fourth-order valence-corrected chi connectivity index (χ4v) is 3.43. The first-order chi connectivity index (χ1) is 9.61. The molecule has 1 unspecified atom stereocenters. The number of carbonyl (C=O) groups is 1. The van der Waals surface area contributed by atoms with Gasteiger partial charge >= 0.3 is 6.03 Å². The van der Waals surface area contributed by atoms with E-state index in [1.807, 2.05) is 11.9 Å². The highest BCUT2D eigenvalue weighted by molar-refractivity contribution is 5.75. The van der Waals surface area contributed by atoms with Crippen LogP contribution in [0.25, 0.3) is 0 Å². The van der Waals surface area contributed by atoms with Crippen LogP contribution in [-0.4, -0.2) is 49.3 Å². The van der Waals surface area contributed by atoms with E-state index in [-0.39, 0.29) is 17.6 Å². The summed E-state index contributed by atoms with van der Waals surface area (Å²) in [5.41, 5.74) is 5.87. The van der Waals surface area contributed by atoms with E-state index < -0.39 is 0 Å². The molecule has 1 atom stereocenters. The molecule has 0 aromatic carbocycles. The Morgan fingerprint density at radius 1 is 1.40 bits per heavy atom. The molecule has 2 fully saturated rings. The molecule has 0 aromatic heterocycles. The number of nitrogens with zero attached hydrogens (tertiary/aromatic N) is 1. The lowest BCUT2D eigenvalue weighted by molar-refractivity contribution is 0.0840. The van der Waals surface area contributed by atoms with Gasteiger partial charge in [0.2, 0.25) is 0 Å². The molecule has 0 aromatic rings. The molecule has 1 saturated carbocycles. The average molecular weight is 283 g/mol. The first kappa shape index (κ1) is 15.6. The Kier molecular flexibility index (Phi) is 5.27. The maximum absolute atomic E-state index is 12.4. The van der Waals surface area contributed by atoms with Crippen LogP contribution in [0.15, 0.2) is 0 Å². The molecule has 116 valence electrons. The van der Waals surface area contributed by atoms with Crippen LogP contribution in [0.5, 0.6) is 0 Å². The van der Waals surface area contributed by atoms with Crippen molar-refractivity contribution < 1.29 is 9.53 Å². The lowest BCUT2D eigenvalue weighted by Crippen LogP contribution is -2.59. The maximum Gasteiger partial charge on any atom is 0.317 e. The van der Waals surface area contributed by atoms with Gasteiger partial charge in [-0.25, -0.2) is 4.79 Å².